The van der Waals surface area contributed by atoms with Crippen molar-refractivity contribution in [3.05, 3.63) is 78.1 Å². The lowest BCUT2D eigenvalue weighted by atomic mass is 9.99. The number of benzene rings is 3. The average molecular weight is 652 g/mol. The molecule has 1 aliphatic heterocycles. The quantitative estimate of drug-likeness (QED) is 0.190. The molecule has 5 rings (SSSR count). The van der Waals surface area contributed by atoms with E-state index in [4.69, 9.17) is 0 Å². The van der Waals surface area contributed by atoms with E-state index in [1.54, 1.807) is 18.2 Å². The summed E-state index contributed by atoms with van der Waals surface area (Å²) in [6, 6.07) is 15.8. The maximum absolute atomic E-state index is 13.1. The first-order valence-corrected chi connectivity index (χ1v) is 15.5. The fraction of sp³-hybridized carbons (Fsp3) is 0.281. The molecule has 2 N–H and O–H groups in total. The van der Waals surface area contributed by atoms with Gasteiger partial charge in [0.15, 0.2) is 11.0 Å². The third-order valence-electron chi connectivity index (χ3n) is 6.99. The molecule has 0 saturated carbocycles. The summed E-state index contributed by atoms with van der Waals surface area (Å²) < 4.78 is 42.7. The van der Waals surface area contributed by atoms with Crippen LogP contribution in [-0.2, 0) is 4.79 Å². The van der Waals surface area contributed by atoms with E-state index in [0.717, 1.165) is 29.8 Å². The number of hydrogen-bond donors (Lipinski definition) is 2. The second-order valence-electron chi connectivity index (χ2n) is 10.8. The second kappa shape index (κ2) is 13.6. The molecule has 1 saturated heterocycles. The van der Waals surface area contributed by atoms with Crippen LogP contribution in [-0.4, -0.2) is 50.5 Å². The first-order chi connectivity index (χ1) is 21.9. The molecule has 0 radical (unpaired) electrons. The number of hydrogen-bond acceptors (Lipinski definition) is 7. The lowest BCUT2D eigenvalue weighted by molar-refractivity contribution is -0.274. The van der Waals surface area contributed by atoms with Crippen molar-refractivity contribution >= 4 is 45.9 Å². The highest BCUT2D eigenvalue weighted by Gasteiger charge is 2.33. The number of rotatable bonds is 9. The fourth-order valence-corrected chi connectivity index (χ4v) is 5.64. The molecule has 1 aromatic heterocycles. The summed E-state index contributed by atoms with van der Waals surface area (Å²) in [6.45, 7) is 8.78. The number of ether oxygens (including phenoxy) is 1. The van der Waals surface area contributed by atoms with E-state index in [2.05, 4.69) is 51.2 Å². The van der Waals surface area contributed by atoms with E-state index in [9.17, 15) is 22.8 Å². The Morgan fingerprint density at radius 1 is 1.11 bits per heavy atom. The largest absolute Gasteiger partial charge is 0.573 e. The zero-order valence-corrected chi connectivity index (χ0v) is 26.4. The van der Waals surface area contributed by atoms with Gasteiger partial charge >= 0.3 is 12.4 Å². The number of anilines is 3. The predicted molar refractivity (Wildman–Crippen MR) is 174 cm³/mol. The van der Waals surface area contributed by atoms with Gasteiger partial charge in [0, 0.05) is 23.5 Å². The molecule has 10 nitrogen and oxygen atoms in total. The van der Waals surface area contributed by atoms with Gasteiger partial charge in [-0.1, -0.05) is 38.6 Å². The summed E-state index contributed by atoms with van der Waals surface area (Å²) in [5.74, 6) is 0.211. The van der Waals surface area contributed by atoms with Crippen LogP contribution in [0.15, 0.2) is 72.0 Å². The topological polar surface area (TPSA) is 114 Å². The van der Waals surface area contributed by atoms with Crippen LogP contribution in [0.3, 0.4) is 0 Å². The smallest absolute Gasteiger partial charge is 0.406 e. The minimum atomic E-state index is -4.77. The van der Waals surface area contributed by atoms with Gasteiger partial charge in [-0.2, -0.15) is 4.99 Å². The Labute approximate surface area is 268 Å². The van der Waals surface area contributed by atoms with Crippen molar-refractivity contribution in [2.45, 2.75) is 46.4 Å². The maximum Gasteiger partial charge on any atom is 0.573 e. The first-order valence-electron chi connectivity index (χ1n) is 14.5. The standard InChI is InChI=1S/C32H32F3N7O3S/c1-5-14-36-22-7-12-25(19(2)3)27(16-22)42-28(43)17-46-31(42)39-30(44)38-26-13-6-21(15-20(26)4)29-37-18-41(40-29)23-8-10-24(11-9-23)45-32(33,34)35/h6-13,15-16,18-19,36H,5,14,17H2,1-4H3,(H,38,44). The molecule has 0 aliphatic carbocycles. The van der Waals surface area contributed by atoms with Gasteiger partial charge in [0.1, 0.15) is 12.1 Å². The van der Waals surface area contributed by atoms with Gasteiger partial charge in [0.25, 0.3) is 0 Å². The number of halogens is 3. The van der Waals surface area contributed by atoms with E-state index in [1.165, 1.54) is 51.9 Å². The highest BCUT2D eigenvalue weighted by molar-refractivity contribution is 8.15. The number of aromatic nitrogens is 3. The number of nitrogens with one attached hydrogen (secondary N) is 2. The number of aryl methyl sites for hydroxylation is 1. The molecule has 3 amide bonds. The number of carbonyl (C=O) groups is 2. The molecule has 0 spiro atoms. The van der Waals surface area contributed by atoms with Crippen LogP contribution in [0.1, 0.15) is 44.2 Å². The zero-order valence-electron chi connectivity index (χ0n) is 25.6. The average Bonchev–Trinajstić information content (AvgIpc) is 3.63. The van der Waals surface area contributed by atoms with Crippen molar-refractivity contribution in [3.8, 4) is 22.8 Å². The highest BCUT2D eigenvalue weighted by atomic mass is 32.2. The van der Waals surface area contributed by atoms with Crippen LogP contribution in [0.2, 0.25) is 0 Å². The van der Waals surface area contributed by atoms with Gasteiger partial charge in [-0.3, -0.25) is 9.69 Å². The number of nitrogens with zero attached hydrogens (tertiary/aromatic N) is 5. The van der Waals surface area contributed by atoms with E-state index in [1.807, 2.05) is 25.1 Å². The summed E-state index contributed by atoms with van der Waals surface area (Å²) in [5.41, 5.74) is 4.97. The van der Waals surface area contributed by atoms with Crippen LogP contribution < -0.4 is 20.3 Å². The van der Waals surface area contributed by atoms with Crippen molar-refractivity contribution < 1.29 is 27.5 Å². The minimum absolute atomic E-state index is 0.143. The summed E-state index contributed by atoms with van der Waals surface area (Å²) in [4.78, 5) is 36.2. The third-order valence-corrected chi connectivity index (χ3v) is 7.91. The summed E-state index contributed by atoms with van der Waals surface area (Å²) in [6.07, 6.45) is -2.38. The van der Waals surface area contributed by atoms with Crippen LogP contribution in [0.4, 0.5) is 35.0 Å². The monoisotopic (exact) mass is 651 g/mol. The Hall–Kier alpha value is -4.85. The van der Waals surface area contributed by atoms with Gasteiger partial charge in [-0.15, -0.1) is 18.3 Å². The first kappa shape index (κ1) is 32.5. The van der Waals surface area contributed by atoms with E-state index in [-0.39, 0.29) is 23.3 Å². The SMILES string of the molecule is CCCNc1ccc(C(C)C)c(N2C(=O)CSC2=NC(=O)Nc2ccc(-c3ncn(-c4ccc(OC(F)(F)F)cc4)n3)cc2C)c1. The third kappa shape index (κ3) is 7.68. The number of urea groups is 1. The Balaban J connectivity index is 1.31. The van der Waals surface area contributed by atoms with Crippen molar-refractivity contribution in [2.75, 3.05) is 27.8 Å². The van der Waals surface area contributed by atoms with Crippen molar-refractivity contribution in [1.29, 1.82) is 0 Å². The molecule has 14 heteroatoms. The molecule has 0 atom stereocenters. The molecule has 1 fully saturated rings. The highest BCUT2D eigenvalue weighted by Crippen LogP contribution is 2.36. The van der Waals surface area contributed by atoms with Gasteiger partial charge in [-0.05, 0) is 85.0 Å². The lowest BCUT2D eigenvalue weighted by Gasteiger charge is -2.23. The van der Waals surface area contributed by atoms with Crippen LogP contribution in [0.5, 0.6) is 5.75 Å². The zero-order chi connectivity index (χ0) is 33.0. The number of amides is 3. The minimum Gasteiger partial charge on any atom is -0.406 e. The summed E-state index contributed by atoms with van der Waals surface area (Å²) >= 11 is 1.21. The number of amidine groups is 1. The van der Waals surface area contributed by atoms with Gasteiger partial charge in [0.05, 0.1) is 17.1 Å². The molecule has 46 heavy (non-hydrogen) atoms. The normalized spacial score (nSPS) is 14.3. The van der Waals surface area contributed by atoms with Crippen molar-refractivity contribution in [1.82, 2.24) is 14.8 Å². The summed E-state index contributed by atoms with van der Waals surface area (Å²) in [5, 5.41) is 10.9. The fourth-order valence-electron chi connectivity index (χ4n) is 4.78. The van der Waals surface area contributed by atoms with Gasteiger partial charge in [-0.25, -0.2) is 14.5 Å². The van der Waals surface area contributed by atoms with E-state index < -0.39 is 12.4 Å². The van der Waals surface area contributed by atoms with Crippen molar-refractivity contribution in [3.63, 3.8) is 0 Å². The molecule has 1 aliphatic rings. The summed E-state index contributed by atoms with van der Waals surface area (Å²) in [7, 11) is 0. The van der Waals surface area contributed by atoms with E-state index in [0.29, 0.717) is 33.6 Å². The van der Waals surface area contributed by atoms with Crippen LogP contribution in [0.25, 0.3) is 17.1 Å². The molecule has 2 heterocycles. The van der Waals surface area contributed by atoms with Crippen molar-refractivity contribution in [2.24, 2.45) is 4.99 Å². The Morgan fingerprint density at radius 3 is 2.54 bits per heavy atom. The number of aliphatic imine (C=N–C) groups is 1. The van der Waals surface area contributed by atoms with Crippen LogP contribution in [0, 0.1) is 6.92 Å². The number of thioether (sulfide) groups is 1. The Morgan fingerprint density at radius 2 is 1.87 bits per heavy atom. The molecular weight excluding hydrogens is 619 g/mol. The molecule has 4 aromatic rings. The predicted octanol–water partition coefficient (Wildman–Crippen LogP) is 7.75. The van der Waals surface area contributed by atoms with Gasteiger partial charge < -0.3 is 15.4 Å². The Bertz CT molecular complexity index is 1770. The second-order valence-corrected chi connectivity index (χ2v) is 11.7. The van der Waals surface area contributed by atoms with E-state index >= 15 is 0 Å². The van der Waals surface area contributed by atoms with Gasteiger partial charge in [0.2, 0.25) is 5.91 Å². The molecule has 0 bridgehead atoms. The number of alkyl halides is 3. The lowest BCUT2D eigenvalue weighted by Crippen LogP contribution is -2.31. The molecular formula is C32H32F3N7O3S. The molecule has 0 unspecified atom stereocenters. The maximum atomic E-state index is 13.1. The van der Waals surface area contributed by atoms with Crippen LogP contribution >= 0.6 is 11.8 Å². The molecule has 3 aromatic carbocycles. The number of carbonyl (C=O) groups excluding carboxylic acids is 2. The Kier molecular flexibility index (Phi) is 9.65. The molecule has 240 valence electrons.